The Labute approximate surface area is 101 Å². The zero-order valence-electron chi connectivity index (χ0n) is 7.34. The molecule has 14 heavy (non-hydrogen) atoms. The quantitative estimate of drug-likeness (QED) is 0.685. The first kappa shape index (κ1) is 10.2. The maximum atomic E-state index is 5.83. The van der Waals surface area contributed by atoms with E-state index in [0.717, 1.165) is 10.4 Å². The first-order chi connectivity index (χ1) is 6.79. The molecule has 2 rings (SSSR count). The predicted molar refractivity (Wildman–Crippen MR) is 67.4 cm³/mol. The van der Waals surface area contributed by atoms with E-state index in [2.05, 4.69) is 28.1 Å². The molecule has 0 N–H and O–H groups in total. The number of alkyl halides is 1. The number of rotatable bonds is 2. The molecule has 0 nitrogen and oxygen atoms in total. The van der Waals surface area contributed by atoms with E-state index in [9.17, 15) is 0 Å². The van der Waals surface area contributed by atoms with E-state index in [0.29, 0.717) is 0 Å². The number of hydrogen-bond donors (Lipinski definition) is 0. The summed E-state index contributed by atoms with van der Waals surface area (Å²) in [6.07, 6.45) is 0. The molecule has 0 aliphatic rings. The minimum absolute atomic E-state index is 0.783. The van der Waals surface area contributed by atoms with Gasteiger partial charge in [0.25, 0.3) is 0 Å². The lowest BCUT2D eigenvalue weighted by molar-refractivity contribution is 1.59. The Morgan fingerprint density at radius 2 is 1.79 bits per heavy atom. The van der Waals surface area contributed by atoms with E-state index >= 15 is 0 Å². The Bertz CT molecular complexity index is 419. The fourth-order valence-electron chi connectivity index (χ4n) is 1.22. The summed E-state index contributed by atoms with van der Waals surface area (Å²) in [6, 6.07) is 12.2. The van der Waals surface area contributed by atoms with Crippen LogP contribution in [0, 0.1) is 0 Å². The van der Waals surface area contributed by atoms with E-state index in [1.807, 2.05) is 24.3 Å². The largest absolute Gasteiger partial charge is 0.139 e. The lowest BCUT2D eigenvalue weighted by Gasteiger charge is -1.96. The average molecular weight is 288 g/mol. The van der Waals surface area contributed by atoms with Crippen LogP contribution >= 0.6 is 38.9 Å². The summed E-state index contributed by atoms with van der Waals surface area (Å²) >= 11 is 11.1. The number of thiophene rings is 1. The van der Waals surface area contributed by atoms with Gasteiger partial charge in [-0.1, -0.05) is 39.7 Å². The van der Waals surface area contributed by atoms with E-state index in [1.54, 1.807) is 11.3 Å². The zero-order chi connectivity index (χ0) is 9.97. The predicted octanol–water partition coefficient (Wildman–Crippen LogP) is 4.96. The second-order valence-corrected chi connectivity index (χ2v) is 5.07. The molecule has 1 heterocycles. The van der Waals surface area contributed by atoms with Gasteiger partial charge in [-0.15, -0.1) is 11.3 Å². The van der Waals surface area contributed by atoms with Crippen LogP contribution in [0.1, 0.15) is 4.88 Å². The van der Waals surface area contributed by atoms with Gasteiger partial charge in [0, 0.05) is 20.1 Å². The van der Waals surface area contributed by atoms with Gasteiger partial charge < -0.3 is 0 Å². The van der Waals surface area contributed by atoms with E-state index in [-0.39, 0.29) is 0 Å². The molecule has 0 fully saturated rings. The summed E-state index contributed by atoms with van der Waals surface area (Å²) in [6.45, 7) is 0. The summed E-state index contributed by atoms with van der Waals surface area (Å²) in [5, 5.41) is 1.71. The van der Waals surface area contributed by atoms with Gasteiger partial charge in [0.05, 0.1) is 0 Å². The van der Waals surface area contributed by atoms with Gasteiger partial charge in [0.1, 0.15) is 0 Å². The molecule has 0 unspecified atom stereocenters. The summed E-state index contributed by atoms with van der Waals surface area (Å²) < 4.78 is 0. The Morgan fingerprint density at radius 3 is 2.36 bits per heavy atom. The molecule has 1 aromatic heterocycles. The molecule has 0 aliphatic heterocycles. The molecular formula is C11H8BrClS. The van der Waals surface area contributed by atoms with Crippen LogP contribution in [-0.2, 0) is 5.33 Å². The second-order valence-electron chi connectivity index (χ2n) is 2.91. The molecule has 0 saturated carbocycles. The van der Waals surface area contributed by atoms with E-state index in [1.165, 1.54) is 15.3 Å². The van der Waals surface area contributed by atoms with Crippen molar-refractivity contribution in [2.75, 3.05) is 0 Å². The van der Waals surface area contributed by atoms with Crippen molar-refractivity contribution in [2.45, 2.75) is 5.33 Å². The molecule has 1 aromatic carbocycles. The van der Waals surface area contributed by atoms with Crippen LogP contribution in [0.5, 0.6) is 0 Å². The van der Waals surface area contributed by atoms with Gasteiger partial charge in [0.15, 0.2) is 0 Å². The summed E-state index contributed by atoms with van der Waals surface area (Å²) in [4.78, 5) is 2.63. The highest BCUT2D eigenvalue weighted by Gasteiger charge is 2.01. The average Bonchev–Trinajstić information content (AvgIpc) is 2.67. The number of halogens is 2. The molecule has 0 saturated heterocycles. The lowest BCUT2D eigenvalue weighted by atomic mass is 10.2. The van der Waals surface area contributed by atoms with Crippen molar-refractivity contribution < 1.29 is 0 Å². The highest BCUT2D eigenvalue weighted by Crippen LogP contribution is 2.29. The Hall–Kier alpha value is -0.310. The van der Waals surface area contributed by atoms with Crippen LogP contribution in [-0.4, -0.2) is 0 Å². The number of hydrogen-bond acceptors (Lipinski definition) is 1. The van der Waals surface area contributed by atoms with Crippen molar-refractivity contribution in [2.24, 2.45) is 0 Å². The Kier molecular flexibility index (Phi) is 3.26. The molecule has 0 aliphatic carbocycles. The topological polar surface area (TPSA) is 0 Å². The molecule has 0 spiro atoms. The zero-order valence-corrected chi connectivity index (χ0v) is 10.5. The lowest BCUT2D eigenvalue weighted by Crippen LogP contribution is -1.69. The first-order valence-corrected chi connectivity index (χ1v) is 6.52. The van der Waals surface area contributed by atoms with Crippen LogP contribution in [0.4, 0.5) is 0 Å². The molecule has 0 amide bonds. The third kappa shape index (κ3) is 2.19. The fraction of sp³-hybridized carbons (Fsp3) is 0.0909. The normalized spacial score (nSPS) is 10.4. The van der Waals surface area contributed by atoms with Gasteiger partial charge in [-0.25, -0.2) is 0 Å². The van der Waals surface area contributed by atoms with Crippen LogP contribution in [0.15, 0.2) is 36.4 Å². The monoisotopic (exact) mass is 286 g/mol. The maximum Gasteiger partial charge on any atom is 0.0406 e. The van der Waals surface area contributed by atoms with Crippen LogP contribution in [0.2, 0.25) is 5.02 Å². The van der Waals surface area contributed by atoms with Gasteiger partial charge in [0.2, 0.25) is 0 Å². The van der Waals surface area contributed by atoms with Gasteiger partial charge >= 0.3 is 0 Å². The minimum atomic E-state index is 0.783. The van der Waals surface area contributed by atoms with Crippen molar-refractivity contribution in [3.8, 4) is 10.4 Å². The molecule has 3 heteroatoms. The molecule has 0 bridgehead atoms. The summed E-state index contributed by atoms with van der Waals surface area (Å²) in [5.74, 6) is 0. The fourth-order valence-corrected chi connectivity index (χ4v) is 2.74. The maximum absolute atomic E-state index is 5.83. The third-order valence-corrected chi connectivity index (χ3v) is 4.28. The highest BCUT2D eigenvalue weighted by atomic mass is 79.9. The molecule has 72 valence electrons. The highest BCUT2D eigenvalue weighted by molar-refractivity contribution is 9.08. The summed E-state index contributed by atoms with van der Waals surface area (Å²) in [7, 11) is 0. The van der Waals surface area contributed by atoms with Crippen molar-refractivity contribution >= 4 is 38.9 Å². The molecular weight excluding hydrogens is 280 g/mol. The molecule has 0 atom stereocenters. The first-order valence-electron chi connectivity index (χ1n) is 4.20. The molecule has 2 aromatic rings. The SMILES string of the molecule is Clc1ccc(-c2ccc(CBr)s2)cc1. The van der Waals surface area contributed by atoms with E-state index in [4.69, 9.17) is 11.6 Å². The van der Waals surface area contributed by atoms with Crippen LogP contribution in [0.3, 0.4) is 0 Å². The van der Waals surface area contributed by atoms with Crippen molar-refractivity contribution in [3.05, 3.63) is 46.3 Å². The summed E-state index contributed by atoms with van der Waals surface area (Å²) in [5.41, 5.74) is 1.23. The van der Waals surface area contributed by atoms with Crippen molar-refractivity contribution in [3.63, 3.8) is 0 Å². The third-order valence-electron chi connectivity index (χ3n) is 1.92. The Morgan fingerprint density at radius 1 is 1.07 bits per heavy atom. The van der Waals surface area contributed by atoms with Crippen molar-refractivity contribution in [1.82, 2.24) is 0 Å². The smallest absolute Gasteiger partial charge is 0.0406 e. The van der Waals surface area contributed by atoms with Crippen molar-refractivity contribution in [1.29, 1.82) is 0 Å². The van der Waals surface area contributed by atoms with Crippen LogP contribution < -0.4 is 0 Å². The standard InChI is InChI=1S/C11H8BrClS/c12-7-10-5-6-11(14-10)8-1-3-9(13)4-2-8/h1-6H,7H2. The van der Waals surface area contributed by atoms with E-state index < -0.39 is 0 Å². The van der Waals surface area contributed by atoms with Gasteiger partial charge in [-0.3, -0.25) is 0 Å². The van der Waals surface area contributed by atoms with Gasteiger partial charge in [-0.05, 0) is 29.8 Å². The second kappa shape index (κ2) is 4.47. The minimum Gasteiger partial charge on any atom is -0.139 e. The van der Waals surface area contributed by atoms with Crippen LogP contribution in [0.25, 0.3) is 10.4 Å². The molecule has 0 radical (unpaired) electrons. The van der Waals surface area contributed by atoms with Gasteiger partial charge in [-0.2, -0.15) is 0 Å². The number of benzene rings is 1. The Balaban J connectivity index is 2.34.